The Labute approximate surface area is 144 Å². The van der Waals surface area contributed by atoms with Crippen molar-refractivity contribution in [2.45, 2.75) is 64.4 Å². The van der Waals surface area contributed by atoms with Crippen LogP contribution < -0.4 is 4.74 Å². The highest BCUT2D eigenvalue weighted by Gasteiger charge is 2.56. The molecule has 0 N–H and O–H groups in total. The van der Waals surface area contributed by atoms with Gasteiger partial charge in [-0.3, -0.25) is 4.79 Å². The molecule has 0 saturated heterocycles. The molecule has 3 heteroatoms. The number of carbonyl (C=O) groups is 1. The van der Waals surface area contributed by atoms with Gasteiger partial charge >= 0.3 is 5.97 Å². The van der Waals surface area contributed by atoms with Crippen molar-refractivity contribution in [1.29, 1.82) is 0 Å². The fourth-order valence-corrected chi connectivity index (χ4v) is 6.03. The summed E-state index contributed by atoms with van der Waals surface area (Å²) in [5, 5.41) is 0. The molecule has 2 saturated carbocycles. The van der Waals surface area contributed by atoms with Gasteiger partial charge in [-0.2, -0.15) is 0 Å². The van der Waals surface area contributed by atoms with Gasteiger partial charge in [0.05, 0.1) is 7.11 Å². The van der Waals surface area contributed by atoms with Gasteiger partial charge in [-0.05, 0) is 79.5 Å². The van der Waals surface area contributed by atoms with E-state index in [0.717, 1.165) is 24.5 Å². The molecule has 5 atom stereocenters. The molecule has 2 fully saturated rings. The number of hydrogen-bond donors (Lipinski definition) is 0. The second-order valence-electron chi connectivity index (χ2n) is 8.20. The third-order valence-electron chi connectivity index (χ3n) is 7.15. The van der Waals surface area contributed by atoms with Crippen molar-refractivity contribution in [3.8, 4) is 5.75 Å². The molecule has 0 radical (unpaired) electrons. The van der Waals surface area contributed by atoms with Crippen LogP contribution in [0.2, 0.25) is 0 Å². The van der Waals surface area contributed by atoms with Crippen molar-refractivity contribution in [2.75, 3.05) is 7.11 Å². The molecule has 3 aliphatic rings. The first-order chi connectivity index (χ1) is 11.5. The molecular formula is C21H28O3. The van der Waals surface area contributed by atoms with Crippen LogP contribution in [0.25, 0.3) is 0 Å². The highest BCUT2D eigenvalue weighted by Crippen LogP contribution is 2.61. The molecule has 4 unspecified atom stereocenters. The summed E-state index contributed by atoms with van der Waals surface area (Å²) in [6.07, 6.45) is 7.17. The lowest BCUT2D eigenvalue weighted by Gasteiger charge is -2.50. The van der Waals surface area contributed by atoms with Gasteiger partial charge in [-0.25, -0.2) is 0 Å². The van der Waals surface area contributed by atoms with E-state index in [1.165, 1.54) is 31.2 Å². The van der Waals surface area contributed by atoms with E-state index in [9.17, 15) is 4.79 Å². The van der Waals surface area contributed by atoms with Gasteiger partial charge in [0.15, 0.2) is 0 Å². The summed E-state index contributed by atoms with van der Waals surface area (Å²) >= 11 is 0. The average Bonchev–Trinajstić information content (AvgIpc) is 2.90. The van der Waals surface area contributed by atoms with E-state index in [2.05, 4.69) is 25.1 Å². The minimum absolute atomic E-state index is 0.120. The Bertz CT molecular complexity index is 652. The first-order valence-corrected chi connectivity index (χ1v) is 9.37. The predicted octanol–water partition coefficient (Wildman–Crippen LogP) is 4.48. The molecule has 3 nitrogen and oxygen atoms in total. The molecular weight excluding hydrogens is 300 g/mol. The lowest BCUT2D eigenvalue weighted by Crippen LogP contribution is -2.45. The Kier molecular flexibility index (Phi) is 3.85. The van der Waals surface area contributed by atoms with Gasteiger partial charge in [-0.1, -0.05) is 13.0 Å². The molecule has 3 aliphatic carbocycles. The van der Waals surface area contributed by atoms with Crippen LogP contribution in [-0.2, 0) is 16.0 Å². The van der Waals surface area contributed by atoms with Crippen LogP contribution in [-0.4, -0.2) is 19.2 Å². The van der Waals surface area contributed by atoms with Gasteiger partial charge in [-0.15, -0.1) is 0 Å². The summed E-state index contributed by atoms with van der Waals surface area (Å²) < 4.78 is 11.1. The van der Waals surface area contributed by atoms with E-state index < -0.39 is 0 Å². The Morgan fingerprint density at radius 2 is 2.04 bits per heavy atom. The Morgan fingerprint density at radius 3 is 2.79 bits per heavy atom. The smallest absolute Gasteiger partial charge is 0.302 e. The Morgan fingerprint density at radius 1 is 1.21 bits per heavy atom. The van der Waals surface area contributed by atoms with Crippen LogP contribution in [0.15, 0.2) is 18.2 Å². The van der Waals surface area contributed by atoms with Crippen molar-refractivity contribution >= 4 is 5.97 Å². The largest absolute Gasteiger partial charge is 0.497 e. The summed E-state index contributed by atoms with van der Waals surface area (Å²) in [6.45, 7) is 3.92. The summed E-state index contributed by atoms with van der Waals surface area (Å²) in [5.74, 6) is 2.96. The van der Waals surface area contributed by atoms with Crippen LogP contribution in [0.3, 0.4) is 0 Å². The molecule has 0 heterocycles. The molecule has 24 heavy (non-hydrogen) atoms. The third-order valence-corrected chi connectivity index (χ3v) is 7.15. The van der Waals surface area contributed by atoms with Crippen molar-refractivity contribution < 1.29 is 14.3 Å². The first kappa shape index (κ1) is 16.0. The number of methoxy groups -OCH3 is 1. The second kappa shape index (κ2) is 5.79. The minimum atomic E-state index is -0.120. The van der Waals surface area contributed by atoms with Gasteiger partial charge in [0.1, 0.15) is 11.9 Å². The SMILES string of the molecule is COc1ccc2c(c1)CCC1C2CC[C@]2(C)C(OC(C)=O)CCC12. The number of aryl methyl sites for hydroxylation is 1. The molecule has 1 aromatic carbocycles. The number of carbonyl (C=O) groups excluding carboxylic acids is 1. The van der Waals surface area contributed by atoms with E-state index in [4.69, 9.17) is 9.47 Å². The van der Waals surface area contributed by atoms with Gasteiger partial charge < -0.3 is 9.47 Å². The molecule has 1 aromatic rings. The number of ether oxygens (including phenoxy) is 2. The lowest BCUT2D eigenvalue weighted by atomic mass is 9.55. The third kappa shape index (κ3) is 2.35. The van der Waals surface area contributed by atoms with Crippen LogP contribution in [0.5, 0.6) is 5.75 Å². The van der Waals surface area contributed by atoms with E-state index >= 15 is 0 Å². The maximum absolute atomic E-state index is 11.5. The Hall–Kier alpha value is -1.51. The summed E-state index contributed by atoms with van der Waals surface area (Å²) in [6, 6.07) is 6.65. The summed E-state index contributed by atoms with van der Waals surface area (Å²) in [7, 11) is 1.74. The fraction of sp³-hybridized carbons (Fsp3) is 0.667. The highest BCUT2D eigenvalue weighted by atomic mass is 16.5. The molecule has 0 bridgehead atoms. The van der Waals surface area contributed by atoms with Crippen LogP contribution in [0, 0.1) is 17.3 Å². The van der Waals surface area contributed by atoms with Crippen molar-refractivity contribution in [3.05, 3.63) is 29.3 Å². The van der Waals surface area contributed by atoms with Gasteiger partial charge in [0.25, 0.3) is 0 Å². The standard InChI is InChI=1S/C21H28O3/c1-13(22)24-20-9-8-19-18-6-4-14-12-15(23-3)5-7-16(14)17(18)10-11-21(19,20)2/h5,7,12,17-20H,4,6,8-11H2,1-3H3/t17?,18?,19?,20?,21-/m0/s1. The van der Waals surface area contributed by atoms with E-state index in [0.29, 0.717) is 11.8 Å². The fourth-order valence-electron chi connectivity index (χ4n) is 6.03. The lowest BCUT2D eigenvalue weighted by molar-refractivity contribution is -0.154. The molecule has 0 amide bonds. The highest BCUT2D eigenvalue weighted by molar-refractivity contribution is 5.66. The second-order valence-corrected chi connectivity index (χ2v) is 8.20. The molecule has 0 aromatic heterocycles. The monoisotopic (exact) mass is 328 g/mol. The molecule has 0 aliphatic heterocycles. The normalized spacial score (nSPS) is 37.1. The zero-order valence-corrected chi connectivity index (χ0v) is 15.0. The van der Waals surface area contributed by atoms with Crippen LogP contribution in [0.1, 0.15) is 63.0 Å². The summed E-state index contributed by atoms with van der Waals surface area (Å²) in [5.41, 5.74) is 3.20. The van der Waals surface area contributed by atoms with Crippen LogP contribution in [0.4, 0.5) is 0 Å². The number of rotatable bonds is 2. The Balaban J connectivity index is 1.62. The van der Waals surface area contributed by atoms with E-state index in [1.807, 2.05) is 0 Å². The van der Waals surface area contributed by atoms with Crippen molar-refractivity contribution in [3.63, 3.8) is 0 Å². The van der Waals surface area contributed by atoms with Crippen molar-refractivity contribution in [2.24, 2.45) is 17.3 Å². The molecule has 4 rings (SSSR count). The van der Waals surface area contributed by atoms with E-state index in [1.54, 1.807) is 19.6 Å². The summed E-state index contributed by atoms with van der Waals surface area (Å²) in [4.78, 5) is 11.5. The maximum Gasteiger partial charge on any atom is 0.302 e. The molecule has 0 spiro atoms. The van der Waals surface area contributed by atoms with Gasteiger partial charge in [0, 0.05) is 12.3 Å². The van der Waals surface area contributed by atoms with Gasteiger partial charge in [0.2, 0.25) is 0 Å². The van der Waals surface area contributed by atoms with Crippen LogP contribution >= 0.6 is 0 Å². The number of benzene rings is 1. The average molecular weight is 328 g/mol. The predicted molar refractivity (Wildman–Crippen MR) is 93.2 cm³/mol. The van der Waals surface area contributed by atoms with Crippen molar-refractivity contribution in [1.82, 2.24) is 0 Å². The first-order valence-electron chi connectivity index (χ1n) is 9.37. The zero-order valence-electron chi connectivity index (χ0n) is 15.0. The zero-order chi connectivity index (χ0) is 16.9. The number of esters is 1. The quantitative estimate of drug-likeness (QED) is 0.751. The minimum Gasteiger partial charge on any atom is -0.497 e. The maximum atomic E-state index is 11.5. The van der Waals surface area contributed by atoms with E-state index in [-0.39, 0.29) is 17.5 Å². The number of fused-ring (bicyclic) bond motifs is 5. The molecule has 130 valence electrons. The topological polar surface area (TPSA) is 35.5 Å². The number of hydrogen-bond acceptors (Lipinski definition) is 3.